The van der Waals surface area contributed by atoms with Gasteiger partial charge < -0.3 is 20.4 Å². The minimum atomic E-state index is 0. The van der Waals surface area contributed by atoms with E-state index in [2.05, 4.69) is 38.7 Å². The Hall–Kier alpha value is 0.270. The first-order valence-corrected chi connectivity index (χ1v) is 10.4. The molecule has 7 heteroatoms. The molecule has 0 aromatic heterocycles. The average molecular weight is 469 g/mol. The summed E-state index contributed by atoms with van der Waals surface area (Å²) in [5.41, 5.74) is 0. The second kappa shape index (κ2) is 12.6. The minimum absolute atomic E-state index is 0. The van der Waals surface area contributed by atoms with Gasteiger partial charge >= 0.3 is 0 Å². The summed E-state index contributed by atoms with van der Waals surface area (Å²) in [6.07, 6.45) is 8.57. The van der Waals surface area contributed by atoms with Crippen molar-refractivity contribution in [2.45, 2.75) is 43.4 Å². The SMILES string of the molecule is CN=C(NCCCN1CCCN(C)CC1)NC1CCC(SC)C1.I. The first-order chi connectivity index (χ1) is 11.2. The molecule has 2 N–H and O–H groups in total. The molecule has 1 aliphatic heterocycles. The number of likely N-dealkylation sites (N-methyl/N-ethyl adjacent to an activating group) is 1. The van der Waals surface area contributed by atoms with E-state index < -0.39 is 0 Å². The van der Waals surface area contributed by atoms with Crippen molar-refractivity contribution in [1.82, 2.24) is 20.4 Å². The summed E-state index contributed by atoms with van der Waals surface area (Å²) in [6.45, 7) is 7.09. The van der Waals surface area contributed by atoms with Gasteiger partial charge in [-0.2, -0.15) is 11.8 Å². The van der Waals surface area contributed by atoms with Gasteiger partial charge in [0, 0.05) is 38.0 Å². The third-order valence-corrected chi connectivity index (χ3v) is 6.13. The fourth-order valence-corrected chi connectivity index (χ4v) is 4.30. The van der Waals surface area contributed by atoms with Gasteiger partial charge in [-0.05, 0) is 65.0 Å². The van der Waals surface area contributed by atoms with Gasteiger partial charge in [0.15, 0.2) is 5.96 Å². The molecule has 2 unspecified atom stereocenters. The van der Waals surface area contributed by atoms with E-state index in [9.17, 15) is 0 Å². The highest BCUT2D eigenvalue weighted by Crippen LogP contribution is 2.27. The largest absolute Gasteiger partial charge is 0.356 e. The maximum Gasteiger partial charge on any atom is 0.191 e. The van der Waals surface area contributed by atoms with Crippen LogP contribution in [-0.2, 0) is 0 Å². The quantitative estimate of drug-likeness (QED) is 0.270. The Morgan fingerprint density at radius 2 is 2.04 bits per heavy atom. The zero-order valence-electron chi connectivity index (χ0n) is 15.6. The molecule has 2 aliphatic rings. The highest BCUT2D eigenvalue weighted by atomic mass is 127. The molecule has 1 saturated heterocycles. The van der Waals surface area contributed by atoms with Gasteiger partial charge in [-0.1, -0.05) is 0 Å². The molecule has 0 spiro atoms. The molecule has 1 heterocycles. The van der Waals surface area contributed by atoms with Gasteiger partial charge in [0.25, 0.3) is 0 Å². The van der Waals surface area contributed by atoms with E-state index >= 15 is 0 Å². The van der Waals surface area contributed by atoms with Crippen LogP contribution in [0.5, 0.6) is 0 Å². The van der Waals surface area contributed by atoms with Crippen LogP contribution >= 0.6 is 35.7 Å². The topological polar surface area (TPSA) is 42.9 Å². The summed E-state index contributed by atoms with van der Waals surface area (Å²) >= 11 is 2.00. The number of hydrogen-bond acceptors (Lipinski definition) is 4. The molecule has 0 aromatic carbocycles. The van der Waals surface area contributed by atoms with Gasteiger partial charge in [-0.15, -0.1) is 24.0 Å². The predicted molar refractivity (Wildman–Crippen MR) is 118 cm³/mol. The Balaban J connectivity index is 0.00000288. The lowest BCUT2D eigenvalue weighted by molar-refractivity contribution is 0.274. The molecule has 1 aliphatic carbocycles. The lowest BCUT2D eigenvalue weighted by Crippen LogP contribution is -2.43. The second-order valence-electron chi connectivity index (χ2n) is 6.86. The Bertz CT molecular complexity index is 369. The van der Waals surface area contributed by atoms with E-state index in [4.69, 9.17) is 0 Å². The minimum Gasteiger partial charge on any atom is -0.356 e. The highest BCUT2D eigenvalue weighted by molar-refractivity contribution is 14.0. The van der Waals surface area contributed by atoms with Crippen molar-refractivity contribution >= 4 is 41.7 Å². The molecule has 0 radical (unpaired) electrons. The van der Waals surface area contributed by atoms with Crippen LogP contribution in [0.1, 0.15) is 32.1 Å². The maximum atomic E-state index is 4.38. The maximum absolute atomic E-state index is 4.38. The van der Waals surface area contributed by atoms with E-state index in [0.717, 1.165) is 17.8 Å². The number of nitrogens with zero attached hydrogens (tertiary/aromatic N) is 3. The number of halogens is 1. The highest BCUT2D eigenvalue weighted by Gasteiger charge is 2.24. The van der Waals surface area contributed by atoms with Gasteiger partial charge in [-0.25, -0.2) is 0 Å². The number of hydrogen-bond donors (Lipinski definition) is 2. The van der Waals surface area contributed by atoms with E-state index in [-0.39, 0.29) is 24.0 Å². The fraction of sp³-hybridized carbons (Fsp3) is 0.941. The lowest BCUT2D eigenvalue weighted by atomic mass is 10.2. The normalized spacial score (nSPS) is 26.7. The van der Waals surface area contributed by atoms with Gasteiger partial charge in [0.2, 0.25) is 0 Å². The number of rotatable bonds is 6. The van der Waals surface area contributed by atoms with E-state index in [1.165, 1.54) is 64.8 Å². The van der Waals surface area contributed by atoms with E-state index in [1.54, 1.807) is 0 Å². The molecule has 2 fully saturated rings. The van der Waals surface area contributed by atoms with Crippen molar-refractivity contribution in [1.29, 1.82) is 0 Å². The van der Waals surface area contributed by atoms with Crippen LogP contribution in [0, 0.1) is 0 Å². The summed E-state index contributed by atoms with van der Waals surface area (Å²) in [5.74, 6) is 0.979. The Labute approximate surface area is 169 Å². The van der Waals surface area contributed by atoms with Crippen LogP contribution in [-0.4, -0.2) is 86.7 Å². The molecular formula is C17H36IN5S. The van der Waals surface area contributed by atoms with Crippen molar-refractivity contribution in [3.8, 4) is 0 Å². The number of guanidine groups is 1. The molecule has 24 heavy (non-hydrogen) atoms. The van der Waals surface area contributed by atoms with Crippen molar-refractivity contribution in [2.24, 2.45) is 4.99 Å². The Morgan fingerprint density at radius 1 is 1.21 bits per heavy atom. The standard InChI is InChI=1S/C17H35N5S.HI/c1-18-17(20-15-6-7-16(14-15)23-3)19-8-4-10-22-11-5-9-21(2)12-13-22;/h15-16H,4-14H2,1-3H3,(H2,18,19,20);1H. The lowest BCUT2D eigenvalue weighted by Gasteiger charge is -2.21. The third kappa shape index (κ3) is 8.10. The number of nitrogens with one attached hydrogen (secondary N) is 2. The molecule has 0 bridgehead atoms. The van der Waals surface area contributed by atoms with Crippen LogP contribution in [0.4, 0.5) is 0 Å². The molecule has 2 rings (SSSR count). The number of thioether (sulfide) groups is 1. The van der Waals surface area contributed by atoms with Gasteiger partial charge in [-0.3, -0.25) is 4.99 Å². The molecule has 142 valence electrons. The molecule has 0 aromatic rings. The molecule has 1 saturated carbocycles. The summed E-state index contributed by atoms with van der Waals surface area (Å²) < 4.78 is 0. The zero-order valence-corrected chi connectivity index (χ0v) is 18.7. The van der Waals surface area contributed by atoms with Crippen molar-refractivity contribution in [3.63, 3.8) is 0 Å². The first kappa shape index (κ1) is 22.3. The van der Waals surface area contributed by atoms with Crippen molar-refractivity contribution in [2.75, 3.05) is 59.6 Å². The number of aliphatic imine (C=N–C) groups is 1. The third-order valence-electron chi connectivity index (χ3n) is 5.04. The van der Waals surface area contributed by atoms with Crippen LogP contribution in [0.3, 0.4) is 0 Å². The summed E-state index contributed by atoms with van der Waals surface area (Å²) in [6, 6.07) is 0.597. The summed E-state index contributed by atoms with van der Waals surface area (Å²) in [4.78, 5) is 9.42. The predicted octanol–water partition coefficient (Wildman–Crippen LogP) is 2.08. The molecule has 2 atom stereocenters. The molecule has 0 amide bonds. The smallest absolute Gasteiger partial charge is 0.191 e. The average Bonchev–Trinajstić information content (AvgIpc) is 2.92. The zero-order chi connectivity index (χ0) is 16.5. The fourth-order valence-electron chi connectivity index (χ4n) is 3.51. The van der Waals surface area contributed by atoms with Crippen molar-refractivity contribution < 1.29 is 0 Å². The van der Waals surface area contributed by atoms with E-state index in [0.29, 0.717) is 6.04 Å². The summed E-state index contributed by atoms with van der Waals surface area (Å²) in [7, 11) is 4.10. The Kier molecular flexibility index (Phi) is 11.7. The second-order valence-corrected chi connectivity index (χ2v) is 8.00. The van der Waals surface area contributed by atoms with Crippen LogP contribution in [0.2, 0.25) is 0 Å². The first-order valence-electron chi connectivity index (χ1n) is 9.12. The molecular weight excluding hydrogens is 433 g/mol. The van der Waals surface area contributed by atoms with Gasteiger partial charge in [0.05, 0.1) is 0 Å². The van der Waals surface area contributed by atoms with E-state index in [1.807, 2.05) is 18.8 Å². The Morgan fingerprint density at radius 3 is 2.75 bits per heavy atom. The molecule has 5 nitrogen and oxygen atoms in total. The monoisotopic (exact) mass is 469 g/mol. The van der Waals surface area contributed by atoms with Crippen molar-refractivity contribution in [3.05, 3.63) is 0 Å². The van der Waals surface area contributed by atoms with Crippen LogP contribution in [0.25, 0.3) is 0 Å². The van der Waals surface area contributed by atoms with Crippen LogP contribution < -0.4 is 10.6 Å². The van der Waals surface area contributed by atoms with Gasteiger partial charge in [0.1, 0.15) is 0 Å². The summed E-state index contributed by atoms with van der Waals surface area (Å²) in [5, 5.41) is 7.90. The van der Waals surface area contributed by atoms with Crippen LogP contribution in [0.15, 0.2) is 4.99 Å².